The lowest BCUT2D eigenvalue weighted by Crippen LogP contribution is -2.30. The Morgan fingerprint density at radius 1 is 1.00 bits per heavy atom. The van der Waals surface area contributed by atoms with E-state index < -0.39 is 6.10 Å². The van der Waals surface area contributed by atoms with Crippen molar-refractivity contribution in [3.05, 3.63) is 54.1 Å². The molecule has 144 valence electrons. The summed E-state index contributed by atoms with van der Waals surface area (Å²) < 4.78 is 15.9. The molecule has 1 atom stereocenters. The Hall–Kier alpha value is -3.02. The van der Waals surface area contributed by atoms with Gasteiger partial charge in [0.1, 0.15) is 11.5 Å². The van der Waals surface area contributed by atoms with Crippen LogP contribution in [0.1, 0.15) is 37.0 Å². The van der Waals surface area contributed by atoms with Crippen LogP contribution in [0, 0.1) is 0 Å². The highest BCUT2D eigenvalue weighted by atomic mass is 16.5. The Labute approximate surface area is 159 Å². The lowest BCUT2D eigenvalue weighted by atomic mass is 10.2. The number of unbranched alkanes of at least 4 members (excludes halogenated alkanes) is 1. The van der Waals surface area contributed by atoms with Gasteiger partial charge in [-0.2, -0.15) is 0 Å². The lowest BCUT2D eigenvalue weighted by molar-refractivity contribution is -0.122. The Kier molecular flexibility index (Phi) is 7.67. The normalized spacial score (nSPS) is 11.4. The number of rotatable bonds is 9. The Bertz CT molecular complexity index is 740. The van der Waals surface area contributed by atoms with Crippen LogP contribution in [0.25, 0.3) is 0 Å². The number of esters is 1. The van der Waals surface area contributed by atoms with E-state index in [1.165, 1.54) is 0 Å². The summed E-state index contributed by atoms with van der Waals surface area (Å²) >= 11 is 0. The van der Waals surface area contributed by atoms with Gasteiger partial charge in [-0.3, -0.25) is 4.79 Å². The molecule has 0 radical (unpaired) electrons. The smallest absolute Gasteiger partial charge is 0.338 e. The number of anilines is 1. The number of amides is 1. The fourth-order valence-corrected chi connectivity index (χ4v) is 2.24. The van der Waals surface area contributed by atoms with Crippen LogP contribution in [0.5, 0.6) is 11.5 Å². The molecule has 0 aliphatic rings. The van der Waals surface area contributed by atoms with Crippen molar-refractivity contribution >= 4 is 17.6 Å². The van der Waals surface area contributed by atoms with E-state index >= 15 is 0 Å². The predicted molar refractivity (Wildman–Crippen MR) is 103 cm³/mol. The second-order valence-corrected chi connectivity index (χ2v) is 5.99. The molecule has 6 heteroatoms. The molecule has 0 aliphatic carbocycles. The van der Waals surface area contributed by atoms with E-state index in [1.807, 2.05) is 6.92 Å². The number of methoxy groups -OCH3 is 1. The number of hydrogen-bond acceptors (Lipinski definition) is 5. The number of nitrogens with one attached hydrogen (secondary N) is 1. The summed E-state index contributed by atoms with van der Waals surface area (Å²) in [7, 11) is 1.58. The summed E-state index contributed by atoms with van der Waals surface area (Å²) in [6, 6.07) is 13.6. The Morgan fingerprint density at radius 3 is 2.22 bits per heavy atom. The summed E-state index contributed by atoms with van der Waals surface area (Å²) in [4.78, 5) is 24.1. The van der Waals surface area contributed by atoms with E-state index in [2.05, 4.69) is 5.32 Å². The van der Waals surface area contributed by atoms with Crippen LogP contribution in [0.3, 0.4) is 0 Å². The number of carbonyl (C=O) groups is 2. The van der Waals surface area contributed by atoms with Gasteiger partial charge in [-0.05, 0) is 61.9 Å². The largest absolute Gasteiger partial charge is 0.497 e. The zero-order valence-electron chi connectivity index (χ0n) is 15.9. The summed E-state index contributed by atoms with van der Waals surface area (Å²) in [5.41, 5.74) is 1.11. The molecular formula is C21H25NO5. The summed E-state index contributed by atoms with van der Waals surface area (Å²) in [6.07, 6.45) is 1.11. The zero-order chi connectivity index (χ0) is 19.6. The molecule has 0 aliphatic heterocycles. The minimum absolute atomic E-state index is 0.275. The van der Waals surface area contributed by atoms with Crippen LogP contribution >= 0.6 is 0 Å². The van der Waals surface area contributed by atoms with Gasteiger partial charge < -0.3 is 19.5 Å². The fourth-order valence-electron chi connectivity index (χ4n) is 2.24. The predicted octanol–water partition coefficient (Wildman–Crippen LogP) is 4.06. The third-order valence-electron chi connectivity index (χ3n) is 3.86. The molecule has 27 heavy (non-hydrogen) atoms. The van der Waals surface area contributed by atoms with E-state index in [0.29, 0.717) is 29.4 Å². The summed E-state index contributed by atoms with van der Waals surface area (Å²) in [6.45, 7) is 4.11. The van der Waals surface area contributed by atoms with Gasteiger partial charge >= 0.3 is 5.97 Å². The minimum Gasteiger partial charge on any atom is -0.497 e. The van der Waals surface area contributed by atoms with E-state index in [-0.39, 0.29) is 11.9 Å². The number of carbonyl (C=O) groups excluding carboxylic acids is 2. The van der Waals surface area contributed by atoms with Gasteiger partial charge in [0.15, 0.2) is 6.10 Å². The second kappa shape index (κ2) is 10.2. The summed E-state index contributed by atoms with van der Waals surface area (Å²) in [5, 5.41) is 2.78. The molecule has 6 nitrogen and oxygen atoms in total. The molecule has 2 aromatic carbocycles. The Balaban J connectivity index is 1.87. The Morgan fingerprint density at radius 2 is 1.63 bits per heavy atom. The molecule has 0 spiro atoms. The first-order valence-electron chi connectivity index (χ1n) is 8.92. The molecule has 2 aromatic rings. The molecule has 0 fully saturated rings. The maximum atomic E-state index is 12.3. The first-order chi connectivity index (χ1) is 13.0. The molecule has 0 saturated carbocycles. The highest BCUT2D eigenvalue weighted by Gasteiger charge is 2.15. The lowest BCUT2D eigenvalue weighted by Gasteiger charge is -2.15. The molecule has 0 unspecified atom stereocenters. The van der Waals surface area contributed by atoms with Gasteiger partial charge in [0.05, 0.1) is 19.3 Å². The van der Waals surface area contributed by atoms with Crippen molar-refractivity contribution in [2.75, 3.05) is 19.0 Å². The first-order valence-corrected chi connectivity index (χ1v) is 8.92. The molecule has 2 rings (SSSR count). The average Bonchev–Trinajstić information content (AvgIpc) is 2.69. The van der Waals surface area contributed by atoms with Crippen molar-refractivity contribution < 1.29 is 23.8 Å². The van der Waals surface area contributed by atoms with Gasteiger partial charge in [-0.15, -0.1) is 0 Å². The molecule has 1 amide bonds. The molecule has 0 heterocycles. The summed E-state index contributed by atoms with van der Waals surface area (Å²) in [5.74, 6) is 0.576. The highest BCUT2D eigenvalue weighted by molar-refractivity contribution is 5.94. The van der Waals surface area contributed by atoms with Gasteiger partial charge in [0.25, 0.3) is 5.91 Å². The number of benzene rings is 2. The molecule has 0 aromatic heterocycles. The van der Waals surface area contributed by atoms with E-state index in [9.17, 15) is 9.59 Å². The third-order valence-corrected chi connectivity index (χ3v) is 3.86. The van der Waals surface area contributed by atoms with Crippen LogP contribution in [0.2, 0.25) is 0 Å². The molecular weight excluding hydrogens is 346 g/mol. The first kappa shape index (κ1) is 20.3. The minimum atomic E-state index is -0.700. The molecule has 0 saturated heterocycles. The standard InChI is InChI=1S/C21H25NO5/c1-4-5-14-26-21(24)16-6-10-19(11-7-16)27-15(2)20(23)22-17-8-12-18(25-3)13-9-17/h6-13,15H,4-5,14H2,1-3H3,(H,22,23)/t15-/m0/s1. The molecule has 1 N–H and O–H groups in total. The topological polar surface area (TPSA) is 73.9 Å². The van der Waals surface area contributed by atoms with E-state index in [0.717, 1.165) is 12.8 Å². The fraction of sp³-hybridized carbons (Fsp3) is 0.333. The van der Waals surface area contributed by atoms with Crippen LogP contribution in [-0.4, -0.2) is 31.7 Å². The van der Waals surface area contributed by atoms with Gasteiger partial charge in [0.2, 0.25) is 0 Å². The van der Waals surface area contributed by atoms with Crippen LogP contribution in [0.15, 0.2) is 48.5 Å². The SMILES string of the molecule is CCCCOC(=O)c1ccc(O[C@@H](C)C(=O)Nc2ccc(OC)cc2)cc1. The van der Waals surface area contributed by atoms with Crippen molar-refractivity contribution in [1.29, 1.82) is 0 Å². The zero-order valence-corrected chi connectivity index (χ0v) is 15.9. The van der Waals surface area contributed by atoms with Gasteiger partial charge in [-0.25, -0.2) is 4.79 Å². The van der Waals surface area contributed by atoms with Crippen molar-refractivity contribution in [1.82, 2.24) is 0 Å². The average molecular weight is 371 g/mol. The van der Waals surface area contributed by atoms with Crippen molar-refractivity contribution in [3.8, 4) is 11.5 Å². The van der Waals surface area contributed by atoms with Gasteiger partial charge in [-0.1, -0.05) is 13.3 Å². The second-order valence-electron chi connectivity index (χ2n) is 5.99. The maximum Gasteiger partial charge on any atom is 0.338 e. The van der Waals surface area contributed by atoms with Crippen LogP contribution < -0.4 is 14.8 Å². The van der Waals surface area contributed by atoms with Crippen LogP contribution in [0.4, 0.5) is 5.69 Å². The van der Waals surface area contributed by atoms with Crippen molar-refractivity contribution in [2.24, 2.45) is 0 Å². The van der Waals surface area contributed by atoms with Gasteiger partial charge in [0, 0.05) is 5.69 Å². The van der Waals surface area contributed by atoms with Crippen LogP contribution in [-0.2, 0) is 9.53 Å². The number of ether oxygens (including phenoxy) is 3. The quantitative estimate of drug-likeness (QED) is 0.531. The highest BCUT2D eigenvalue weighted by Crippen LogP contribution is 2.17. The third kappa shape index (κ3) is 6.33. The van der Waals surface area contributed by atoms with E-state index in [4.69, 9.17) is 14.2 Å². The van der Waals surface area contributed by atoms with Crippen molar-refractivity contribution in [3.63, 3.8) is 0 Å². The maximum absolute atomic E-state index is 12.3. The van der Waals surface area contributed by atoms with E-state index in [1.54, 1.807) is 62.6 Å². The monoisotopic (exact) mass is 371 g/mol. The van der Waals surface area contributed by atoms with Crippen molar-refractivity contribution in [2.45, 2.75) is 32.8 Å². The molecule has 0 bridgehead atoms. The number of hydrogen-bond donors (Lipinski definition) is 1.